The molecule has 5 nitrogen and oxygen atoms in total. The first kappa shape index (κ1) is 18.4. The molecule has 5 rings (SSSR count). The van der Waals surface area contributed by atoms with E-state index in [0.29, 0.717) is 6.54 Å². The molecule has 0 aromatic heterocycles. The van der Waals surface area contributed by atoms with Crippen molar-refractivity contribution in [1.29, 1.82) is 0 Å². The summed E-state index contributed by atoms with van der Waals surface area (Å²) >= 11 is 0. The molecular formula is C25H24N4O. The van der Waals surface area contributed by atoms with Crippen molar-refractivity contribution in [2.45, 2.75) is 18.4 Å². The van der Waals surface area contributed by atoms with Gasteiger partial charge in [0.15, 0.2) is 5.84 Å². The summed E-state index contributed by atoms with van der Waals surface area (Å²) in [5.74, 6) is 0.801. The highest BCUT2D eigenvalue weighted by molar-refractivity contribution is 5.96. The van der Waals surface area contributed by atoms with Gasteiger partial charge in [0.1, 0.15) is 0 Å². The van der Waals surface area contributed by atoms with Gasteiger partial charge >= 0.3 is 6.03 Å². The molecule has 0 saturated carbocycles. The summed E-state index contributed by atoms with van der Waals surface area (Å²) in [4.78, 5) is 12.9. The summed E-state index contributed by atoms with van der Waals surface area (Å²) in [6, 6.07) is 31.2. The summed E-state index contributed by atoms with van der Waals surface area (Å²) in [6.07, 6.45) is 0.874. The molecule has 2 aliphatic rings. The second kappa shape index (κ2) is 7.67. The molecular weight excluding hydrogens is 372 g/mol. The van der Waals surface area contributed by atoms with E-state index < -0.39 is 0 Å². The molecule has 0 radical (unpaired) electrons. The van der Waals surface area contributed by atoms with Gasteiger partial charge in [-0.25, -0.2) is 14.8 Å². The Morgan fingerprint density at radius 3 is 1.93 bits per heavy atom. The fourth-order valence-corrected chi connectivity index (χ4v) is 4.48. The van der Waals surface area contributed by atoms with Crippen molar-refractivity contribution < 1.29 is 4.79 Å². The number of amidine groups is 1. The Balaban J connectivity index is 1.67. The summed E-state index contributed by atoms with van der Waals surface area (Å²) in [6.45, 7) is 0.679. The molecule has 2 amide bonds. The molecule has 5 heteroatoms. The summed E-state index contributed by atoms with van der Waals surface area (Å²) < 4.78 is 0. The van der Waals surface area contributed by atoms with Crippen LogP contribution in [0.1, 0.15) is 35.1 Å². The predicted molar refractivity (Wildman–Crippen MR) is 118 cm³/mol. The highest BCUT2D eigenvalue weighted by atomic mass is 16.2. The number of hydrazone groups is 1. The monoisotopic (exact) mass is 396 g/mol. The molecule has 0 N–H and O–H groups in total. The van der Waals surface area contributed by atoms with E-state index in [-0.39, 0.29) is 18.0 Å². The third kappa shape index (κ3) is 3.12. The molecule has 3 aromatic rings. The smallest absolute Gasteiger partial charge is 0.258 e. The largest absolute Gasteiger partial charge is 0.359 e. The van der Waals surface area contributed by atoms with E-state index in [9.17, 15) is 4.79 Å². The highest BCUT2D eigenvalue weighted by Gasteiger charge is 2.45. The standard InChI is InChI=1S/C25H24N4O/c1-27-25(30)28-18-17-22(19-11-5-2-6-12-19)29(28)24(26-27)23(20-13-7-3-8-14-20)21-15-9-4-10-16-21/h2-16,22-23H,17-18H2,1H3. The normalized spacial score (nSPS) is 18.6. The zero-order chi connectivity index (χ0) is 20.5. The van der Waals surface area contributed by atoms with Gasteiger partial charge in [-0.1, -0.05) is 91.0 Å². The van der Waals surface area contributed by atoms with Crippen molar-refractivity contribution in [3.63, 3.8) is 0 Å². The fraction of sp³-hybridized carbons (Fsp3) is 0.200. The third-order valence-electron chi connectivity index (χ3n) is 5.86. The molecule has 0 spiro atoms. The second-order valence-corrected chi connectivity index (χ2v) is 7.70. The van der Waals surface area contributed by atoms with E-state index in [2.05, 4.69) is 77.8 Å². The molecule has 0 bridgehead atoms. The maximum Gasteiger partial charge on any atom is 0.359 e. The quantitative estimate of drug-likeness (QED) is 0.632. The van der Waals surface area contributed by atoms with E-state index in [4.69, 9.17) is 5.10 Å². The lowest BCUT2D eigenvalue weighted by Crippen LogP contribution is -2.55. The van der Waals surface area contributed by atoms with Crippen molar-refractivity contribution in [2.75, 3.05) is 13.6 Å². The number of fused-ring (bicyclic) bond motifs is 1. The summed E-state index contributed by atoms with van der Waals surface area (Å²) in [5.41, 5.74) is 3.51. The van der Waals surface area contributed by atoms with Crippen LogP contribution >= 0.6 is 0 Å². The van der Waals surface area contributed by atoms with Crippen LogP contribution in [0.15, 0.2) is 96.1 Å². The minimum Gasteiger partial charge on any atom is -0.258 e. The molecule has 3 aromatic carbocycles. The second-order valence-electron chi connectivity index (χ2n) is 7.70. The summed E-state index contributed by atoms with van der Waals surface area (Å²) in [7, 11) is 1.74. The molecule has 1 atom stereocenters. The van der Waals surface area contributed by atoms with Crippen LogP contribution < -0.4 is 0 Å². The van der Waals surface area contributed by atoms with E-state index in [1.807, 2.05) is 23.2 Å². The first-order valence-electron chi connectivity index (χ1n) is 10.3. The van der Waals surface area contributed by atoms with Crippen LogP contribution in [-0.2, 0) is 0 Å². The first-order chi connectivity index (χ1) is 14.7. The van der Waals surface area contributed by atoms with Gasteiger partial charge in [0.05, 0.1) is 12.0 Å². The number of benzene rings is 3. The number of hydrazine groups is 1. The molecule has 150 valence electrons. The van der Waals surface area contributed by atoms with Gasteiger partial charge < -0.3 is 0 Å². The Hall–Kier alpha value is -3.60. The van der Waals surface area contributed by atoms with Gasteiger partial charge in [0, 0.05) is 13.6 Å². The van der Waals surface area contributed by atoms with Crippen LogP contribution in [0.4, 0.5) is 4.79 Å². The minimum atomic E-state index is -0.0861. The predicted octanol–water partition coefficient (Wildman–Crippen LogP) is 4.86. The van der Waals surface area contributed by atoms with E-state index in [1.54, 1.807) is 7.05 Å². The lowest BCUT2D eigenvalue weighted by atomic mass is 9.89. The average Bonchev–Trinajstić information content (AvgIpc) is 3.25. The van der Waals surface area contributed by atoms with Crippen LogP contribution in [0.25, 0.3) is 0 Å². The molecule has 0 aliphatic carbocycles. The van der Waals surface area contributed by atoms with Crippen LogP contribution in [-0.4, -0.2) is 40.5 Å². The number of hydrogen-bond donors (Lipinski definition) is 0. The highest BCUT2D eigenvalue weighted by Crippen LogP contribution is 2.40. The SMILES string of the molecule is CN1N=C(C(c2ccccc2)c2ccccc2)N2C(c3ccccc3)CCN2C1=O. The zero-order valence-corrected chi connectivity index (χ0v) is 16.9. The van der Waals surface area contributed by atoms with Crippen molar-refractivity contribution in [3.05, 3.63) is 108 Å². The minimum absolute atomic E-state index is 0.0743. The third-order valence-corrected chi connectivity index (χ3v) is 5.86. The molecule has 1 fully saturated rings. The van der Waals surface area contributed by atoms with Crippen molar-refractivity contribution >= 4 is 11.9 Å². The van der Waals surface area contributed by atoms with E-state index >= 15 is 0 Å². The zero-order valence-electron chi connectivity index (χ0n) is 16.9. The fourth-order valence-electron chi connectivity index (χ4n) is 4.48. The van der Waals surface area contributed by atoms with Crippen molar-refractivity contribution in [3.8, 4) is 0 Å². The number of amides is 2. The first-order valence-corrected chi connectivity index (χ1v) is 10.3. The molecule has 1 saturated heterocycles. The Labute approximate surface area is 176 Å². The van der Waals surface area contributed by atoms with E-state index in [1.165, 1.54) is 10.6 Å². The molecule has 2 aliphatic heterocycles. The maximum atomic E-state index is 12.9. The number of urea groups is 1. The number of nitrogens with zero attached hydrogens (tertiary/aromatic N) is 4. The Kier molecular flexibility index (Phi) is 4.71. The molecule has 30 heavy (non-hydrogen) atoms. The molecule has 2 heterocycles. The summed E-state index contributed by atoms with van der Waals surface area (Å²) in [5, 5.41) is 10.3. The number of hydrogen-bond acceptors (Lipinski definition) is 3. The van der Waals surface area contributed by atoms with E-state index in [0.717, 1.165) is 23.4 Å². The van der Waals surface area contributed by atoms with Gasteiger partial charge in [-0.15, -0.1) is 0 Å². The van der Waals surface area contributed by atoms with Gasteiger partial charge in [-0.3, -0.25) is 5.01 Å². The van der Waals surface area contributed by atoms with Crippen LogP contribution in [0.3, 0.4) is 0 Å². The number of rotatable bonds is 4. The maximum absolute atomic E-state index is 12.9. The lowest BCUT2D eigenvalue weighted by Gasteiger charge is -2.42. The lowest BCUT2D eigenvalue weighted by molar-refractivity contribution is 0.0608. The van der Waals surface area contributed by atoms with Crippen molar-refractivity contribution in [2.24, 2.45) is 5.10 Å². The van der Waals surface area contributed by atoms with Crippen LogP contribution in [0, 0.1) is 0 Å². The topological polar surface area (TPSA) is 39.1 Å². The van der Waals surface area contributed by atoms with Gasteiger partial charge in [0.25, 0.3) is 0 Å². The number of carbonyl (C=O) groups is 1. The Morgan fingerprint density at radius 2 is 1.37 bits per heavy atom. The average molecular weight is 396 g/mol. The van der Waals surface area contributed by atoms with Crippen LogP contribution in [0.5, 0.6) is 0 Å². The van der Waals surface area contributed by atoms with Crippen LogP contribution in [0.2, 0.25) is 0 Å². The molecule has 1 unspecified atom stereocenters. The van der Waals surface area contributed by atoms with Gasteiger partial charge in [-0.2, -0.15) is 5.10 Å². The van der Waals surface area contributed by atoms with Gasteiger partial charge in [-0.05, 0) is 23.1 Å². The van der Waals surface area contributed by atoms with Gasteiger partial charge in [0.2, 0.25) is 0 Å². The number of carbonyl (C=O) groups excluding carboxylic acids is 1. The Morgan fingerprint density at radius 1 is 0.833 bits per heavy atom. The van der Waals surface area contributed by atoms with Crippen molar-refractivity contribution in [1.82, 2.24) is 15.0 Å². The Bertz CT molecular complexity index is 1010.